The summed E-state index contributed by atoms with van der Waals surface area (Å²) in [7, 11) is 3.02. The number of non-ortho nitro benzene ring substituents is 1. The van der Waals surface area contributed by atoms with E-state index in [1.165, 1.54) is 25.3 Å². The fourth-order valence-corrected chi connectivity index (χ4v) is 2.96. The Morgan fingerprint density at radius 2 is 1.74 bits per heavy atom. The van der Waals surface area contributed by atoms with Crippen LogP contribution in [0.2, 0.25) is 0 Å². The zero-order chi connectivity index (χ0) is 24.5. The lowest BCUT2D eigenvalue weighted by Gasteiger charge is -2.12. The van der Waals surface area contributed by atoms with Gasteiger partial charge in [-0.15, -0.1) is 0 Å². The van der Waals surface area contributed by atoms with E-state index in [1.807, 2.05) is 6.07 Å². The zero-order valence-corrected chi connectivity index (χ0v) is 18.5. The Balaban J connectivity index is 1.71. The number of nitro benzene ring substituents is 1. The molecule has 0 saturated heterocycles. The van der Waals surface area contributed by atoms with Crippen molar-refractivity contribution in [2.75, 3.05) is 19.5 Å². The summed E-state index contributed by atoms with van der Waals surface area (Å²) in [5.74, 6) is 0.949. The monoisotopic (exact) mass is 459 g/mol. The molecule has 3 rings (SSSR count). The molecule has 0 aliphatic carbocycles. The van der Waals surface area contributed by atoms with Crippen molar-refractivity contribution in [3.8, 4) is 23.3 Å². The van der Waals surface area contributed by atoms with E-state index in [0.29, 0.717) is 28.5 Å². The van der Waals surface area contributed by atoms with Crippen LogP contribution in [-0.4, -0.2) is 25.1 Å². The molecule has 34 heavy (non-hydrogen) atoms. The average molecular weight is 459 g/mol. The molecular weight excluding hydrogens is 438 g/mol. The normalized spacial score (nSPS) is 10.7. The molecule has 9 nitrogen and oxygen atoms in total. The molecule has 1 N–H and O–H groups in total. The number of anilines is 1. The topological polar surface area (TPSA) is 124 Å². The number of carbonyl (C=O) groups excluding carboxylic acids is 1. The van der Waals surface area contributed by atoms with Gasteiger partial charge in [0.2, 0.25) is 0 Å². The third-order valence-electron chi connectivity index (χ3n) is 4.75. The number of amides is 1. The van der Waals surface area contributed by atoms with Crippen molar-refractivity contribution >= 4 is 23.4 Å². The molecule has 0 fully saturated rings. The lowest BCUT2D eigenvalue weighted by atomic mass is 10.1. The van der Waals surface area contributed by atoms with E-state index < -0.39 is 10.8 Å². The van der Waals surface area contributed by atoms with Gasteiger partial charge in [0.1, 0.15) is 24.0 Å². The van der Waals surface area contributed by atoms with Crippen molar-refractivity contribution in [1.82, 2.24) is 0 Å². The number of rotatable bonds is 9. The fraction of sp³-hybridized carbons (Fsp3) is 0.120. The maximum Gasteiger partial charge on any atom is 0.269 e. The molecule has 0 heterocycles. The zero-order valence-electron chi connectivity index (χ0n) is 18.5. The van der Waals surface area contributed by atoms with Crippen LogP contribution in [0.5, 0.6) is 17.2 Å². The van der Waals surface area contributed by atoms with E-state index >= 15 is 0 Å². The van der Waals surface area contributed by atoms with E-state index in [-0.39, 0.29) is 17.9 Å². The summed E-state index contributed by atoms with van der Waals surface area (Å²) in [6, 6.07) is 19.7. The maximum absolute atomic E-state index is 12.5. The summed E-state index contributed by atoms with van der Waals surface area (Å²) in [6.45, 7) is 0.178. The Kier molecular flexibility index (Phi) is 7.81. The molecule has 3 aromatic carbocycles. The number of nitro groups is 1. The molecule has 0 aromatic heterocycles. The van der Waals surface area contributed by atoms with Crippen molar-refractivity contribution in [3.05, 3.63) is 93.5 Å². The highest BCUT2D eigenvalue weighted by molar-refractivity contribution is 6.09. The molecule has 0 spiro atoms. The van der Waals surface area contributed by atoms with Gasteiger partial charge in [0.15, 0.2) is 11.5 Å². The molecule has 0 atom stereocenters. The number of methoxy groups -OCH3 is 2. The fourth-order valence-electron chi connectivity index (χ4n) is 2.96. The van der Waals surface area contributed by atoms with Crippen molar-refractivity contribution in [1.29, 1.82) is 5.26 Å². The molecular formula is C25H21N3O6. The lowest BCUT2D eigenvalue weighted by molar-refractivity contribution is -0.384. The van der Waals surface area contributed by atoms with Gasteiger partial charge in [-0.05, 0) is 65.7 Å². The Hall–Kier alpha value is -4.84. The summed E-state index contributed by atoms with van der Waals surface area (Å²) in [4.78, 5) is 22.8. The number of carbonyl (C=O) groups is 1. The molecule has 3 aromatic rings. The van der Waals surface area contributed by atoms with Gasteiger partial charge < -0.3 is 19.5 Å². The van der Waals surface area contributed by atoms with Crippen molar-refractivity contribution in [2.45, 2.75) is 6.61 Å². The van der Waals surface area contributed by atoms with Crippen LogP contribution in [-0.2, 0) is 11.4 Å². The second kappa shape index (κ2) is 11.2. The van der Waals surface area contributed by atoms with Crippen LogP contribution < -0.4 is 19.5 Å². The predicted octanol–water partition coefficient (Wildman–Crippen LogP) is 4.74. The summed E-state index contributed by atoms with van der Waals surface area (Å²) in [6.07, 6.45) is 1.45. The molecule has 0 bridgehead atoms. The van der Waals surface area contributed by atoms with Crippen LogP contribution in [0.3, 0.4) is 0 Å². The minimum Gasteiger partial charge on any atom is -0.497 e. The number of hydrogen-bond acceptors (Lipinski definition) is 7. The first-order valence-corrected chi connectivity index (χ1v) is 10.0. The summed E-state index contributed by atoms with van der Waals surface area (Å²) < 4.78 is 16.2. The molecule has 0 aliphatic heterocycles. The molecule has 1 amide bonds. The van der Waals surface area contributed by atoms with Gasteiger partial charge in [0.25, 0.3) is 11.6 Å². The first kappa shape index (κ1) is 23.8. The highest BCUT2D eigenvalue weighted by Crippen LogP contribution is 2.30. The molecule has 0 saturated carbocycles. The van der Waals surface area contributed by atoms with Crippen molar-refractivity contribution < 1.29 is 23.9 Å². The van der Waals surface area contributed by atoms with Crippen molar-refractivity contribution in [3.63, 3.8) is 0 Å². The second-order valence-corrected chi connectivity index (χ2v) is 6.97. The van der Waals surface area contributed by atoms with Crippen LogP contribution in [0.1, 0.15) is 11.1 Å². The smallest absolute Gasteiger partial charge is 0.269 e. The molecule has 0 aliphatic rings. The van der Waals surface area contributed by atoms with Gasteiger partial charge >= 0.3 is 0 Å². The van der Waals surface area contributed by atoms with Gasteiger partial charge in [0.05, 0.1) is 19.1 Å². The quantitative estimate of drug-likeness (QED) is 0.212. The van der Waals surface area contributed by atoms with Crippen molar-refractivity contribution in [2.24, 2.45) is 0 Å². The summed E-state index contributed by atoms with van der Waals surface area (Å²) in [5, 5.41) is 22.9. The van der Waals surface area contributed by atoms with Gasteiger partial charge in [-0.1, -0.05) is 6.07 Å². The second-order valence-electron chi connectivity index (χ2n) is 6.97. The van der Waals surface area contributed by atoms with Crippen LogP contribution in [0.4, 0.5) is 11.4 Å². The summed E-state index contributed by atoms with van der Waals surface area (Å²) in [5.41, 5.74) is 1.76. The highest BCUT2D eigenvalue weighted by Gasteiger charge is 2.12. The number of ether oxygens (including phenoxy) is 3. The Bertz CT molecular complexity index is 1250. The molecule has 172 valence electrons. The van der Waals surface area contributed by atoms with Gasteiger partial charge in [0, 0.05) is 17.8 Å². The van der Waals surface area contributed by atoms with E-state index in [9.17, 15) is 20.2 Å². The minimum atomic E-state index is -0.551. The van der Waals surface area contributed by atoms with E-state index in [4.69, 9.17) is 14.2 Å². The van der Waals surface area contributed by atoms with Crippen LogP contribution in [0, 0.1) is 21.4 Å². The number of nitrogens with one attached hydrogen (secondary N) is 1. The van der Waals surface area contributed by atoms with E-state index in [0.717, 1.165) is 5.56 Å². The minimum absolute atomic E-state index is 0.00166. The molecule has 9 heteroatoms. The number of nitrogens with zero attached hydrogens (tertiary/aromatic N) is 2. The number of nitriles is 1. The maximum atomic E-state index is 12.5. The third kappa shape index (κ3) is 6.11. The predicted molar refractivity (Wildman–Crippen MR) is 126 cm³/mol. The standard InChI is InChI=1S/C25H21N3O6/c1-32-22-10-6-20(7-11-22)27-25(29)19(15-26)13-18-5-12-23(24(14-18)33-2)34-16-17-3-8-21(9-4-17)28(30)31/h3-14H,16H2,1-2H3,(H,27,29)/b19-13-. The van der Waals surface area contributed by atoms with E-state index in [2.05, 4.69) is 5.32 Å². The Morgan fingerprint density at radius 3 is 2.32 bits per heavy atom. The lowest BCUT2D eigenvalue weighted by Crippen LogP contribution is -2.13. The average Bonchev–Trinajstić information content (AvgIpc) is 2.86. The number of benzene rings is 3. The largest absolute Gasteiger partial charge is 0.497 e. The van der Waals surface area contributed by atoms with Crippen LogP contribution >= 0.6 is 0 Å². The Labute approximate surface area is 196 Å². The SMILES string of the molecule is COc1ccc(NC(=O)/C(C#N)=C\c2ccc(OCc3ccc([N+](=O)[O-])cc3)c(OC)c2)cc1. The molecule has 0 radical (unpaired) electrons. The first-order chi connectivity index (χ1) is 16.4. The summed E-state index contributed by atoms with van der Waals surface area (Å²) >= 11 is 0. The first-order valence-electron chi connectivity index (χ1n) is 10.0. The number of hydrogen-bond donors (Lipinski definition) is 1. The highest BCUT2D eigenvalue weighted by atomic mass is 16.6. The van der Waals surface area contributed by atoms with Gasteiger partial charge in [-0.25, -0.2) is 0 Å². The van der Waals surface area contributed by atoms with Crippen LogP contribution in [0.15, 0.2) is 72.3 Å². The van der Waals surface area contributed by atoms with E-state index in [1.54, 1.807) is 61.7 Å². The van der Waals surface area contributed by atoms with Crippen LogP contribution in [0.25, 0.3) is 6.08 Å². The van der Waals surface area contributed by atoms with Gasteiger partial charge in [-0.2, -0.15) is 5.26 Å². The Morgan fingerprint density at radius 1 is 1.03 bits per heavy atom. The van der Waals surface area contributed by atoms with Gasteiger partial charge in [-0.3, -0.25) is 14.9 Å². The molecule has 0 unspecified atom stereocenters. The third-order valence-corrected chi connectivity index (χ3v) is 4.75.